The number of thioether (sulfide) groups is 1. The molecule has 1 aliphatic rings. The van der Waals surface area contributed by atoms with Crippen LogP contribution in [0.5, 0.6) is 0 Å². The molecule has 2 N–H and O–H groups in total. The van der Waals surface area contributed by atoms with E-state index in [-0.39, 0.29) is 28.4 Å². The third-order valence-electron chi connectivity index (χ3n) is 5.22. The molecule has 0 aliphatic carbocycles. The van der Waals surface area contributed by atoms with Crippen molar-refractivity contribution in [3.8, 4) is 11.3 Å². The van der Waals surface area contributed by atoms with Gasteiger partial charge in [-0.15, -0.1) is 10.2 Å². The zero-order valence-electron chi connectivity index (χ0n) is 17.8. The Balaban J connectivity index is 1.50. The molecule has 8 nitrogen and oxygen atoms in total. The van der Waals surface area contributed by atoms with Crippen LogP contribution < -0.4 is 15.8 Å². The largest absolute Gasteiger partial charge is 0.325 e. The second kappa shape index (κ2) is 9.35. The molecule has 3 aromatic rings. The molecule has 2 aromatic carbocycles. The van der Waals surface area contributed by atoms with Gasteiger partial charge in [-0.25, -0.2) is 0 Å². The number of carbonyl (C=O) groups is 2. The van der Waals surface area contributed by atoms with Gasteiger partial charge in [-0.05, 0) is 37.1 Å². The Labute approximate surface area is 189 Å². The van der Waals surface area contributed by atoms with Crippen LogP contribution in [0.2, 0.25) is 0 Å². The number of aromatic nitrogens is 3. The van der Waals surface area contributed by atoms with E-state index in [1.54, 1.807) is 24.0 Å². The second-order valence-corrected chi connectivity index (χ2v) is 8.44. The maximum atomic E-state index is 12.7. The molecule has 1 aliphatic heterocycles. The molecule has 2 heterocycles. The van der Waals surface area contributed by atoms with Gasteiger partial charge in [0.25, 0.3) is 5.56 Å². The zero-order chi connectivity index (χ0) is 22.7. The van der Waals surface area contributed by atoms with Gasteiger partial charge in [0.2, 0.25) is 11.8 Å². The van der Waals surface area contributed by atoms with Crippen molar-refractivity contribution in [2.75, 3.05) is 22.5 Å². The minimum atomic E-state index is -0.431. The van der Waals surface area contributed by atoms with E-state index in [0.717, 1.165) is 35.0 Å². The van der Waals surface area contributed by atoms with Crippen molar-refractivity contribution in [3.63, 3.8) is 0 Å². The Morgan fingerprint density at radius 1 is 1.19 bits per heavy atom. The van der Waals surface area contributed by atoms with Crippen LogP contribution in [0.4, 0.5) is 11.4 Å². The minimum absolute atomic E-state index is 0.0464. The SMILES string of the molecule is CCC(=O)Nc1ccc(C)cc1-c1nnc(SCC(=O)N2CCc3ccccc32)[nH]c1=O. The zero-order valence-corrected chi connectivity index (χ0v) is 18.7. The van der Waals surface area contributed by atoms with E-state index in [2.05, 4.69) is 20.5 Å². The Hall–Kier alpha value is -3.46. The first-order chi connectivity index (χ1) is 15.5. The quantitative estimate of drug-likeness (QED) is 0.560. The molecule has 0 fully saturated rings. The molecule has 4 rings (SSSR count). The number of amides is 2. The lowest BCUT2D eigenvalue weighted by atomic mass is 10.1. The number of nitrogens with zero attached hydrogens (tertiary/aromatic N) is 3. The van der Waals surface area contributed by atoms with Crippen molar-refractivity contribution < 1.29 is 9.59 Å². The van der Waals surface area contributed by atoms with Crippen molar-refractivity contribution in [1.29, 1.82) is 0 Å². The van der Waals surface area contributed by atoms with E-state index in [1.165, 1.54) is 0 Å². The van der Waals surface area contributed by atoms with Crippen molar-refractivity contribution in [1.82, 2.24) is 15.2 Å². The molecule has 32 heavy (non-hydrogen) atoms. The smallest absolute Gasteiger partial charge is 0.278 e. The normalized spacial score (nSPS) is 12.5. The number of aryl methyl sites for hydroxylation is 1. The summed E-state index contributed by atoms with van der Waals surface area (Å²) in [6, 6.07) is 13.2. The van der Waals surface area contributed by atoms with Gasteiger partial charge in [0.15, 0.2) is 10.9 Å². The summed E-state index contributed by atoms with van der Waals surface area (Å²) in [7, 11) is 0. The fourth-order valence-corrected chi connectivity index (χ4v) is 4.25. The molecule has 2 amide bonds. The number of carbonyl (C=O) groups excluding carboxylic acids is 2. The van der Waals surface area contributed by atoms with E-state index < -0.39 is 5.56 Å². The molecule has 0 atom stereocenters. The fourth-order valence-electron chi connectivity index (χ4n) is 3.57. The van der Waals surface area contributed by atoms with Crippen LogP contribution in [0.25, 0.3) is 11.3 Å². The molecular weight excluding hydrogens is 426 g/mol. The minimum Gasteiger partial charge on any atom is -0.325 e. The van der Waals surface area contributed by atoms with E-state index in [9.17, 15) is 14.4 Å². The maximum absolute atomic E-state index is 12.7. The number of fused-ring (bicyclic) bond motifs is 1. The highest BCUT2D eigenvalue weighted by Crippen LogP contribution is 2.29. The number of H-pyrrole nitrogens is 1. The molecule has 0 unspecified atom stereocenters. The second-order valence-electron chi connectivity index (χ2n) is 7.47. The first-order valence-corrected chi connectivity index (χ1v) is 11.3. The summed E-state index contributed by atoms with van der Waals surface area (Å²) in [5, 5.41) is 11.3. The lowest BCUT2D eigenvalue weighted by Crippen LogP contribution is -2.30. The van der Waals surface area contributed by atoms with Crippen molar-refractivity contribution in [2.45, 2.75) is 31.8 Å². The van der Waals surface area contributed by atoms with Crippen molar-refractivity contribution in [2.24, 2.45) is 0 Å². The highest BCUT2D eigenvalue weighted by molar-refractivity contribution is 7.99. The van der Waals surface area contributed by atoms with Gasteiger partial charge >= 0.3 is 0 Å². The summed E-state index contributed by atoms with van der Waals surface area (Å²) in [5.41, 5.74) is 3.71. The van der Waals surface area contributed by atoms with Crippen molar-refractivity contribution >= 4 is 35.0 Å². The van der Waals surface area contributed by atoms with Crippen LogP contribution in [-0.2, 0) is 16.0 Å². The van der Waals surface area contributed by atoms with Crippen LogP contribution in [0, 0.1) is 6.92 Å². The third-order valence-corrected chi connectivity index (χ3v) is 6.07. The highest BCUT2D eigenvalue weighted by atomic mass is 32.2. The number of aromatic amines is 1. The standard InChI is InChI=1S/C23H23N5O3S/c1-3-19(29)24-17-9-8-14(2)12-16(17)21-22(31)25-23(27-26-21)32-13-20(30)28-11-10-15-6-4-5-7-18(15)28/h4-9,12H,3,10-11,13H2,1-2H3,(H,24,29)(H,25,27,31). The van der Waals surface area contributed by atoms with Crippen LogP contribution in [-0.4, -0.2) is 39.3 Å². The summed E-state index contributed by atoms with van der Waals surface area (Å²) >= 11 is 1.14. The molecule has 9 heteroatoms. The van der Waals surface area contributed by atoms with E-state index in [1.807, 2.05) is 37.3 Å². The Morgan fingerprint density at radius 2 is 2.00 bits per heavy atom. The number of para-hydroxylation sites is 1. The van der Waals surface area contributed by atoms with Gasteiger partial charge in [-0.3, -0.25) is 19.4 Å². The molecular formula is C23H23N5O3S. The average molecular weight is 450 g/mol. The summed E-state index contributed by atoms with van der Waals surface area (Å²) < 4.78 is 0. The monoisotopic (exact) mass is 449 g/mol. The predicted octanol–water partition coefficient (Wildman–Crippen LogP) is 3.17. The lowest BCUT2D eigenvalue weighted by Gasteiger charge is -2.16. The average Bonchev–Trinajstić information content (AvgIpc) is 3.23. The number of anilines is 2. The maximum Gasteiger partial charge on any atom is 0.278 e. The van der Waals surface area contributed by atoms with Crippen molar-refractivity contribution in [3.05, 3.63) is 63.9 Å². The van der Waals surface area contributed by atoms with E-state index in [0.29, 0.717) is 24.2 Å². The third kappa shape index (κ3) is 4.57. The van der Waals surface area contributed by atoms with E-state index >= 15 is 0 Å². The first kappa shape index (κ1) is 21.8. The Morgan fingerprint density at radius 3 is 2.78 bits per heavy atom. The van der Waals surface area contributed by atoms with Gasteiger partial charge in [-0.2, -0.15) is 0 Å². The summed E-state index contributed by atoms with van der Waals surface area (Å²) in [5.74, 6) is -0.0656. The summed E-state index contributed by atoms with van der Waals surface area (Å²) in [4.78, 5) is 41.8. The highest BCUT2D eigenvalue weighted by Gasteiger charge is 2.24. The Kier molecular flexibility index (Phi) is 6.36. The molecule has 0 spiro atoms. The number of hydrogen-bond donors (Lipinski definition) is 2. The van der Waals surface area contributed by atoms with Crippen LogP contribution in [0.15, 0.2) is 52.4 Å². The number of hydrogen-bond acceptors (Lipinski definition) is 6. The summed E-state index contributed by atoms with van der Waals surface area (Å²) in [6.07, 6.45) is 1.16. The molecule has 164 valence electrons. The molecule has 0 saturated carbocycles. The van der Waals surface area contributed by atoms with Gasteiger partial charge in [0, 0.05) is 24.2 Å². The lowest BCUT2D eigenvalue weighted by molar-refractivity contribution is -0.116. The summed E-state index contributed by atoms with van der Waals surface area (Å²) in [6.45, 7) is 4.30. The van der Waals surface area contributed by atoms with Gasteiger partial charge in [0.1, 0.15) is 0 Å². The number of rotatable bonds is 6. The van der Waals surface area contributed by atoms with Gasteiger partial charge in [-0.1, -0.05) is 48.5 Å². The number of nitrogens with one attached hydrogen (secondary N) is 2. The van der Waals surface area contributed by atoms with E-state index in [4.69, 9.17) is 0 Å². The molecule has 1 aromatic heterocycles. The van der Waals surface area contributed by atoms with Crippen LogP contribution in [0.3, 0.4) is 0 Å². The predicted molar refractivity (Wildman–Crippen MR) is 125 cm³/mol. The van der Waals surface area contributed by atoms with Crippen LogP contribution in [0.1, 0.15) is 24.5 Å². The van der Waals surface area contributed by atoms with Gasteiger partial charge in [0.05, 0.1) is 11.4 Å². The molecule has 0 radical (unpaired) electrons. The fraction of sp³-hybridized carbons (Fsp3) is 0.261. The number of benzene rings is 2. The van der Waals surface area contributed by atoms with Gasteiger partial charge < -0.3 is 10.2 Å². The molecule has 0 bridgehead atoms. The van der Waals surface area contributed by atoms with Crippen LogP contribution >= 0.6 is 11.8 Å². The topological polar surface area (TPSA) is 108 Å². The Bertz CT molecular complexity index is 1240. The molecule has 0 saturated heterocycles. The first-order valence-electron chi connectivity index (χ1n) is 10.3.